The zero-order chi connectivity index (χ0) is 21.2. The van der Waals surface area contributed by atoms with Gasteiger partial charge in [-0.2, -0.15) is 0 Å². The van der Waals surface area contributed by atoms with Gasteiger partial charge in [0.2, 0.25) is 0 Å². The molecule has 0 radical (unpaired) electrons. The Bertz CT molecular complexity index is 879. The fraction of sp³-hybridized carbons (Fsp3) is 0.231. The first-order valence-electron chi connectivity index (χ1n) is 10.1. The van der Waals surface area contributed by atoms with Gasteiger partial charge in [-0.25, -0.2) is 0 Å². The molecule has 0 saturated carbocycles. The predicted molar refractivity (Wildman–Crippen MR) is 128 cm³/mol. The quantitative estimate of drug-likeness (QED) is 0.414. The summed E-state index contributed by atoms with van der Waals surface area (Å²) in [6.07, 6.45) is 1.82. The van der Waals surface area contributed by atoms with Crippen LogP contribution in [0.2, 0.25) is 0 Å². The van der Waals surface area contributed by atoms with Crippen LogP contribution in [-0.4, -0.2) is 31.5 Å². The minimum atomic E-state index is -0.679. The van der Waals surface area contributed by atoms with Crippen LogP contribution in [0.25, 0.3) is 0 Å². The van der Waals surface area contributed by atoms with E-state index in [2.05, 4.69) is 36.2 Å². The van der Waals surface area contributed by atoms with Gasteiger partial charge in [0.1, 0.15) is 12.7 Å². The van der Waals surface area contributed by atoms with E-state index in [0.717, 1.165) is 16.7 Å². The molecule has 0 saturated heterocycles. The van der Waals surface area contributed by atoms with E-state index in [9.17, 15) is 5.11 Å². The zero-order valence-corrected chi connectivity index (χ0v) is 18.6. The standard InChI is InChI=1S/C26H29NO3.ClH/c1-3-11-22-16-10-17-24(29-2)26(22)30-19-23(28)18-27-25(20-12-6-4-7-13-20)21-14-8-5-9-15-21;/h3-10,12-17,23,25,27-28H,1,11,18-19H2,2H3;1H. The third kappa shape index (κ3) is 6.86. The van der Waals surface area contributed by atoms with Gasteiger partial charge < -0.3 is 19.9 Å². The predicted octanol–water partition coefficient (Wildman–Crippen LogP) is 4.96. The molecule has 5 heteroatoms. The number of ether oxygens (including phenoxy) is 2. The van der Waals surface area contributed by atoms with Gasteiger partial charge in [-0.05, 0) is 23.6 Å². The van der Waals surface area contributed by atoms with Crippen molar-refractivity contribution in [2.45, 2.75) is 18.6 Å². The van der Waals surface area contributed by atoms with Crippen LogP contribution in [0.3, 0.4) is 0 Å². The second-order valence-electron chi connectivity index (χ2n) is 7.07. The van der Waals surface area contributed by atoms with Gasteiger partial charge in [-0.3, -0.25) is 0 Å². The maximum Gasteiger partial charge on any atom is 0.164 e. The molecule has 164 valence electrons. The number of rotatable bonds is 11. The van der Waals surface area contributed by atoms with E-state index in [-0.39, 0.29) is 25.1 Å². The summed E-state index contributed by atoms with van der Waals surface area (Å²) < 4.78 is 11.4. The van der Waals surface area contributed by atoms with Gasteiger partial charge in [0.05, 0.1) is 13.2 Å². The van der Waals surface area contributed by atoms with E-state index < -0.39 is 6.10 Å². The Morgan fingerprint density at radius 2 is 1.55 bits per heavy atom. The van der Waals surface area contributed by atoms with Gasteiger partial charge in [0.15, 0.2) is 11.5 Å². The van der Waals surface area contributed by atoms with Crippen molar-refractivity contribution in [1.82, 2.24) is 5.32 Å². The second kappa shape index (κ2) is 12.8. The van der Waals surface area contributed by atoms with Gasteiger partial charge >= 0.3 is 0 Å². The number of benzene rings is 3. The Kier molecular flexibility index (Phi) is 10.1. The molecule has 3 aromatic carbocycles. The van der Waals surface area contributed by atoms with Crippen LogP contribution in [0.5, 0.6) is 11.5 Å². The minimum Gasteiger partial charge on any atom is -0.493 e. The molecule has 1 unspecified atom stereocenters. The largest absolute Gasteiger partial charge is 0.493 e. The molecule has 0 heterocycles. The van der Waals surface area contributed by atoms with Crippen LogP contribution in [-0.2, 0) is 6.42 Å². The second-order valence-corrected chi connectivity index (χ2v) is 7.07. The molecule has 0 aliphatic rings. The first kappa shape index (κ1) is 24.5. The lowest BCUT2D eigenvalue weighted by Gasteiger charge is -2.22. The van der Waals surface area contributed by atoms with Crippen molar-refractivity contribution in [3.63, 3.8) is 0 Å². The highest BCUT2D eigenvalue weighted by Crippen LogP contribution is 2.31. The van der Waals surface area contributed by atoms with E-state index in [0.29, 0.717) is 24.5 Å². The summed E-state index contributed by atoms with van der Waals surface area (Å²) in [5.74, 6) is 1.31. The van der Waals surface area contributed by atoms with Gasteiger partial charge in [-0.1, -0.05) is 78.9 Å². The normalized spacial score (nSPS) is 11.5. The summed E-state index contributed by atoms with van der Waals surface area (Å²) in [5, 5.41) is 14.1. The number of aliphatic hydroxyl groups excluding tert-OH is 1. The lowest BCUT2D eigenvalue weighted by atomic mass is 9.98. The average molecular weight is 440 g/mol. The molecule has 0 aliphatic carbocycles. The minimum absolute atomic E-state index is 0. The summed E-state index contributed by atoms with van der Waals surface area (Å²) in [6, 6.07) is 26.2. The fourth-order valence-corrected chi connectivity index (χ4v) is 3.41. The van der Waals surface area contributed by atoms with Crippen molar-refractivity contribution in [1.29, 1.82) is 0 Å². The van der Waals surface area contributed by atoms with Crippen molar-refractivity contribution < 1.29 is 14.6 Å². The highest BCUT2D eigenvalue weighted by Gasteiger charge is 2.17. The number of methoxy groups -OCH3 is 1. The van der Waals surface area contributed by atoms with E-state index >= 15 is 0 Å². The Hall–Kier alpha value is -2.79. The van der Waals surface area contributed by atoms with Gasteiger partial charge in [-0.15, -0.1) is 19.0 Å². The average Bonchev–Trinajstić information content (AvgIpc) is 2.80. The summed E-state index contributed by atoms with van der Waals surface area (Å²) in [7, 11) is 1.61. The Morgan fingerprint density at radius 1 is 0.935 bits per heavy atom. The number of halogens is 1. The number of allylic oxidation sites excluding steroid dienone is 1. The van der Waals surface area contributed by atoms with Gasteiger partial charge in [0.25, 0.3) is 0 Å². The molecule has 0 aliphatic heterocycles. The summed E-state index contributed by atoms with van der Waals surface area (Å²) in [5.41, 5.74) is 3.28. The highest BCUT2D eigenvalue weighted by atomic mass is 35.5. The molecular formula is C26H30ClNO3. The van der Waals surface area contributed by atoms with E-state index in [4.69, 9.17) is 9.47 Å². The Balaban J connectivity index is 0.00000341. The molecule has 3 aromatic rings. The van der Waals surface area contributed by atoms with Crippen LogP contribution in [0.15, 0.2) is 91.5 Å². The van der Waals surface area contributed by atoms with E-state index in [1.165, 1.54) is 0 Å². The number of para-hydroxylation sites is 1. The van der Waals surface area contributed by atoms with Crippen LogP contribution in [0.1, 0.15) is 22.7 Å². The molecular weight excluding hydrogens is 410 g/mol. The van der Waals surface area contributed by atoms with Crippen LogP contribution in [0, 0.1) is 0 Å². The molecule has 2 N–H and O–H groups in total. The van der Waals surface area contributed by atoms with E-state index in [1.807, 2.05) is 60.7 Å². The Labute approximate surface area is 190 Å². The summed E-state index contributed by atoms with van der Waals surface area (Å²) >= 11 is 0. The molecule has 3 rings (SSSR count). The van der Waals surface area contributed by atoms with Crippen molar-refractivity contribution >= 4 is 12.4 Å². The smallest absolute Gasteiger partial charge is 0.164 e. The lowest BCUT2D eigenvalue weighted by Crippen LogP contribution is -2.34. The summed E-state index contributed by atoms with van der Waals surface area (Å²) in [4.78, 5) is 0. The topological polar surface area (TPSA) is 50.7 Å². The molecule has 1 atom stereocenters. The number of hydrogen-bond donors (Lipinski definition) is 2. The number of hydrogen-bond acceptors (Lipinski definition) is 4. The molecule has 31 heavy (non-hydrogen) atoms. The maximum atomic E-state index is 10.6. The van der Waals surface area contributed by atoms with Crippen LogP contribution in [0.4, 0.5) is 0 Å². The fourth-order valence-electron chi connectivity index (χ4n) is 3.41. The van der Waals surface area contributed by atoms with E-state index in [1.54, 1.807) is 7.11 Å². The van der Waals surface area contributed by atoms with Crippen molar-refractivity contribution in [3.8, 4) is 11.5 Å². The molecule has 0 fully saturated rings. The maximum absolute atomic E-state index is 10.6. The van der Waals surface area contributed by atoms with Gasteiger partial charge in [0, 0.05) is 12.1 Å². The SMILES string of the molecule is C=CCc1cccc(OC)c1OCC(O)CNC(c1ccccc1)c1ccccc1.Cl. The number of aliphatic hydroxyl groups is 1. The molecule has 0 bridgehead atoms. The number of nitrogens with one attached hydrogen (secondary N) is 1. The first-order valence-corrected chi connectivity index (χ1v) is 10.1. The first-order chi connectivity index (χ1) is 14.7. The molecule has 0 spiro atoms. The molecule has 0 aromatic heterocycles. The van der Waals surface area contributed by atoms with Crippen LogP contribution >= 0.6 is 12.4 Å². The third-order valence-corrected chi connectivity index (χ3v) is 4.89. The van der Waals surface area contributed by atoms with Crippen molar-refractivity contribution in [2.75, 3.05) is 20.3 Å². The zero-order valence-electron chi connectivity index (χ0n) is 17.7. The Morgan fingerprint density at radius 3 is 2.10 bits per heavy atom. The van der Waals surface area contributed by atoms with Crippen molar-refractivity contribution in [3.05, 3.63) is 108 Å². The molecule has 0 amide bonds. The monoisotopic (exact) mass is 439 g/mol. The molecule has 4 nitrogen and oxygen atoms in total. The third-order valence-electron chi connectivity index (χ3n) is 4.89. The van der Waals surface area contributed by atoms with Crippen molar-refractivity contribution in [2.24, 2.45) is 0 Å². The van der Waals surface area contributed by atoms with Crippen LogP contribution < -0.4 is 14.8 Å². The summed E-state index contributed by atoms with van der Waals surface area (Å²) in [6.45, 7) is 4.35. The highest BCUT2D eigenvalue weighted by molar-refractivity contribution is 5.85. The lowest BCUT2D eigenvalue weighted by molar-refractivity contribution is 0.102.